The molecule has 1 atom stereocenters. The molecule has 9 nitrogen and oxygen atoms in total. The third-order valence-electron chi connectivity index (χ3n) is 3.97. The van der Waals surface area contributed by atoms with Gasteiger partial charge in [0.05, 0.1) is 30.1 Å². The highest BCUT2D eigenvalue weighted by molar-refractivity contribution is 6.58. The van der Waals surface area contributed by atoms with E-state index in [1.165, 1.54) is 18.6 Å². The standard InChI is InChI=1S/C15H17BF2N6O3/c1-23-14(20-9-22-23)10-6-21-24(8-10)13(4-5-27-15(17)18)12-3-2-11(7-19-12)16(25)26/h2-3,6-9,13,15,25-26H,4-5H2,1H3. The minimum absolute atomic E-state index is 0.193. The molecule has 0 spiro atoms. The average Bonchev–Trinajstić information content (AvgIpc) is 3.27. The van der Waals surface area contributed by atoms with Gasteiger partial charge < -0.3 is 14.8 Å². The second-order valence-corrected chi connectivity index (χ2v) is 5.74. The minimum atomic E-state index is -2.86. The molecule has 0 aliphatic rings. The number of aryl methyl sites for hydroxylation is 1. The van der Waals surface area contributed by atoms with E-state index >= 15 is 0 Å². The van der Waals surface area contributed by atoms with Crippen LogP contribution in [-0.4, -0.2) is 59.9 Å². The fourth-order valence-corrected chi connectivity index (χ4v) is 2.63. The van der Waals surface area contributed by atoms with Crippen molar-refractivity contribution in [2.24, 2.45) is 7.05 Å². The van der Waals surface area contributed by atoms with Gasteiger partial charge in [-0.15, -0.1) is 0 Å². The van der Waals surface area contributed by atoms with Crippen LogP contribution in [-0.2, 0) is 11.8 Å². The van der Waals surface area contributed by atoms with Gasteiger partial charge in [-0.1, -0.05) is 6.07 Å². The molecular formula is C15H17BF2N6O3. The Bertz CT molecular complexity index is 871. The summed E-state index contributed by atoms with van der Waals surface area (Å²) in [6, 6.07) is 2.60. The summed E-state index contributed by atoms with van der Waals surface area (Å²) in [4.78, 5) is 8.36. The molecule has 3 aromatic rings. The Hall–Kier alpha value is -2.70. The Labute approximate surface area is 153 Å². The molecule has 0 saturated heterocycles. The van der Waals surface area contributed by atoms with Gasteiger partial charge in [0, 0.05) is 24.9 Å². The van der Waals surface area contributed by atoms with Crippen LogP contribution < -0.4 is 5.46 Å². The van der Waals surface area contributed by atoms with Gasteiger partial charge in [0.2, 0.25) is 0 Å². The van der Waals surface area contributed by atoms with Crippen LogP contribution in [0.1, 0.15) is 18.2 Å². The van der Waals surface area contributed by atoms with Gasteiger partial charge in [0.25, 0.3) is 0 Å². The molecule has 3 aromatic heterocycles. The number of alkyl halides is 2. The van der Waals surface area contributed by atoms with Crippen molar-refractivity contribution in [2.75, 3.05) is 6.61 Å². The zero-order valence-corrected chi connectivity index (χ0v) is 14.4. The van der Waals surface area contributed by atoms with Crippen molar-refractivity contribution in [3.63, 3.8) is 0 Å². The lowest BCUT2D eigenvalue weighted by Crippen LogP contribution is -2.30. The lowest BCUT2D eigenvalue weighted by atomic mass is 9.81. The summed E-state index contributed by atoms with van der Waals surface area (Å²) in [6.07, 6.45) is 6.23. The van der Waals surface area contributed by atoms with Crippen LogP contribution >= 0.6 is 0 Å². The molecule has 12 heteroatoms. The van der Waals surface area contributed by atoms with Crippen LogP contribution in [0.5, 0.6) is 0 Å². The number of hydrogen-bond acceptors (Lipinski definition) is 7. The molecule has 0 saturated carbocycles. The number of halogens is 2. The lowest BCUT2D eigenvalue weighted by Gasteiger charge is -2.17. The number of rotatable bonds is 8. The second kappa shape index (κ2) is 8.33. The largest absolute Gasteiger partial charge is 0.490 e. The zero-order valence-electron chi connectivity index (χ0n) is 14.4. The van der Waals surface area contributed by atoms with Crippen LogP contribution in [0.2, 0.25) is 0 Å². The number of aromatic nitrogens is 6. The van der Waals surface area contributed by atoms with Gasteiger partial charge in [-0.2, -0.15) is 19.0 Å². The summed E-state index contributed by atoms with van der Waals surface area (Å²) in [5, 5.41) is 26.7. The molecule has 27 heavy (non-hydrogen) atoms. The van der Waals surface area contributed by atoms with E-state index in [1.807, 2.05) is 0 Å². The predicted octanol–water partition coefficient (Wildman–Crippen LogP) is -0.0279. The summed E-state index contributed by atoms with van der Waals surface area (Å²) in [5.41, 5.74) is 1.45. The summed E-state index contributed by atoms with van der Waals surface area (Å²) in [7, 11) is 0.105. The van der Waals surface area contributed by atoms with E-state index in [4.69, 9.17) is 0 Å². The van der Waals surface area contributed by atoms with Crippen molar-refractivity contribution >= 4 is 12.6 Å². The van der Waals surface area contributed by atoms with E-state index in [9.17, 15) is 18.8 Å². The lowest BCUT2D eigenvalue weighted by molar-refractivity contribution is -0.130. The molecule has 0 aliphatic carbocycles. The number of ether oxygens (including phenoxy) is 1. The average molecular weight is 378 g/mol. The highest BCUT2D eigenvalue weighted by atomic mass is 19.3. The highest BCUT2D eigenvalue weighted by Gasteiger charge is 2.20. The van der Waals surface area contributed by atoms with Gasteiger partial charge in [-0.05, 0) is 12.5 Å². The molecule has 0 radical (unpaired) electrons. The first-order valence-corrected chi connectivity index (χ1v) is 8.06. The van der Waals surface area contributed by atoms with Gasteiger partial charge >= 0.3 is 13.7 Å². The van der Waals surface area contributed by atoms with Crippen LogP contribution in [0.15, 0.2) is 37.1 Å². The molecule has 0 amide bonds. The maximum absolute atomic E-state index is 12.3. The van der Waals surface area contributed by atoms with E-state index < -0.39 is 19.8 Å². The smallest absolute Gasteiger partial charge is 0.423 e. The Kier molecular flexibility index (Phi) is 5.89. The quantitative estimate of drug-likeness (QED) is 0.530. The van der Waals surface area contributed by atoms with E-state index in [2.05, 4.69) is 24.9 Å². The van der Waals surface area contributed by atoms with Gasteiger partial charge in [0.15, 0.2) is 5.82 Å². The van der Waals surface area contributed by atoms with Gasteiger partial charge in [0.1, 0.15) is 6.33 Å². The molecule has 1 unspecified atom stereocenters. The molecule has 2 N–H and O–H groups in total. The van der Waals surface area contributed by atoms with Crippen molar-refractivity contribution < 1.29 is 23.6 Å². The van der Waals surface area contributed by atoms with Crippen molar-refractivity contribution in [2.45, 2.75) is 19.1 Å². The van der Waals surface area contributed by atoms with Crippen LogP contribution in [0, 0.1) is 0 Å². The van der Waals surface area contributed by atoms with E-state index in [0.717, 1.165) is 0 Å². The molecular weight excluding hydrogens is 361 g/mol. The maximum atomic E-state index is 12.3. The Balaban J connectivity index is 1.87. The first-order chi connectivity index (χ1) is 13.0. The highest BCUT2D eigenvalue weighted by Crippen LogP contribution is 2.23. The van der Waals surface area contributed by atoms with Crippen LogP contribution in [0.25, 0.3) is 11.4 Å². The SMILES string of the molecule is Cn1ncnc1-c1cnn(C(CCOC(F)F)c2ccc(B(O)O)cn2)c1. The Morgan fingerprint density at radius 2 is 2.00 bits per heavy atom. The van der Waals surface area contributed by atoms with Gasteiger partial charge in [-0.3, -0.25) is 9.67 Å². The molecule has 0 bridgehead atoms. The third kappa shape index (κ3) is 4.53. The first kappa shape index (κ1) is 19.1. The normalized spacial score (nSPS) is 12.5. The van der Waals surface area contributed by atoms with Crippen LogP contribution in [0.4, 0.5) is 8.78 Å². The Morgan fingerprint density at radius 3 is 2.59 bits per heavy atom. The first-order valence-electron chi connectivity index (χ1n) is 8.06. The van der Waals surface area contributed by atoms with Crippen molar-refractivity contribution in [1.82, 2.24) is 29.5 Å². The summed E-state index contributed by atoms with van der Waals surface area (Å²) >= 11 is 0. The van der Waals surface area contributed by atoms with Crippen LogP contribution in [0.3, 0.4) is 0 Å². The number of pyridine rings is 1. The maximum Gasteiger partial charge on any atom is 0.490 e. The fourth-order valence-electron chi connectivity index (χ4n) is 2.63. The molecule has 3 heterocycles. The summed E-state index contributed by atoms with van der Waals surface area (Å²) in [5.74, 6) is 0.607. The van der Waals surface area contributed by atoms with Crippen molar-refractivity contribution in [3.8, 4) is 11.4 Å². The van der Waals surface area contributed by atoms with E-state index in [0.29, 0.717) is 17.1 Å². The molecule has 3 rings (SSSR count). The topological polar surface area (TPSA) is 111 Å². The van der Waals surface area contributed by atoms with E-state index in [-0.39, 0.29) is 18.5 Å². The minimum Gasteiger partial charge on any atom is -0.423 e. The number of nitrogens with zero attached hydrogens (tertiary/aromatic N) is 6. The Morgan fingerprint density at radius 1 is 1.19 bits per heavy atom. The molecule has 0 aromatic carbocycles. The van der Waals surface area contributed by atoms with Gasteiger partial charge in [-0.25, -0.2) is 9.67 Å². The fraction of sp³-hybridized carbons (Fsp3) is 0.333. The number of hydrogen-bond donors (Lipinski definition) is 2. The monoisotopic (exact) mass is 378 g/mol. The molecule has 0 aliphatic heterocycles. The molecule has 142 valence electrons. The third-order valence-corrected chi connectivity index (χ3v) is 3.97. The van der Waals surface area contributed by atoms with E-state index in [1.54, 1.807) is 34.9 Å². The summed E-state index contributed by atoms with van der Waals surface area (Å²) in [6.45, 7) is -3.06. The van der Waals surface area contributed by atoms with Crippen molar-refractivity contribution in [3.05, 3.63) is 42.7 Å². The summed E-state index contributed by atoms with van der Waals surface area (Å²) < 4.78 is 32.2. The van der Waals surface area contributed by atoms with Crippen molar-refractivity contribution in [1.29, 1.82) is 0 Å². The predicted molar refractivity (Wildman–Crippen MR) is 91.0 cm³/mol. The second-order valence-electron chi connectivity index (χ2n) is 5.74. The molecule has 0 fully saturated rings. The zero-order chi connectivity index (χ0) is 19.4.